The maximum Gasteiger partial charge on any atom is 0.137 e. The first-order chi connectivity index (χ1) is 7.42. The van der Waals surface area contributed by atoms with Gasteiger partial charge < -0.3 is 5.73 Å². The van der Waals surface area contributed by atoms with Crippen LogP contribution in [-0.2, 0) is 0 Å². The third-order valence-corrected chi connectivity index (χ3v) is 2.38. The summed E-state index contributed by atoms with van der Waals surface area (Å²) >= 11 is 0. The maximum atomic E-state index is 5.61. The normalized spacial score (nSPS) is 12.6. The molecule has 0 aliphatic rings. The number of rotatable bonds is 4. The van der Waals surface area contributed by atoms with Gasteiger partial charge >= 0.3 is 0 Å². The zero-order valence-corrected chi connectivity index (χ0v) is 8.45. The molecule has 2 N–H and O–H groups in total. The molecule has 0 spiro atoms. The van der Waals surface area contributed by atoms with Gasteiger partial charge in [-0.3, -0.25) is 0 Å². The predicted molar refractivity (Wildman–Crippen MR) is 58.3 cm³/mol. The third kappa shape index (κ3) is 2.22. The molecule has 0 aliphatic carbocycles. The first-order valence-electron chi connectivity index (χ1n) is 5.01. The molecule has 1 heterocycles. The summed E-state index contributed by atoms with van der Waals surface area (Å²) in [4.78, 5) is 3.96. The average Bonchev–Trinajstić information content (AvgIpc) is 2.80. The van der Waals surface area contributed by atoms with Gasteiger partial charge in [-0.1, -0.05) is 30.3 Å². The second kappa shape index (κ2) is 4.70. The Morgan fingerprint density at radius 2 is 2.07 bits per heavy atom. The minimum Gasteiger partial charge on any atom is -0.330 e. The molecular weight excluding hydrogens is 188 g/mol. The summed E-state index contributed by atoms with van der Waals surface area (Å²) in [5.41, 5.74) is 6.83. The molecule has 15 heavy (non-hydrogen) atoms. The molecule has 1 aromatic heterocycles. The summed E-state index contributed by atoms with van der Waals surface area (Å²) < 4.78 is 1.85. The second-order valence-electron chi connectivity index (χ2n) is 3.38. The van der Waals surface area contributed by atoms with E-state index in [4.69, 9.17) is 5.73 Å². The van der Waals surface area contributed by atoms with Gasteiger partial charge in [0, 0.05) is 0 Å². The standard InChI is InChI=1S/C11H14N4/c12-7-6-11(15-9-13-8-14-15)10-4-2-1-3-5-10/h1-5,8-9,11H,6-7,12H2. The number of hydrogen-bond donors (Lipinski definition) is 1. The topological polar surface area (TPSA) is 56.7 Å². The Labute approximate surface area is 88.8 Å². The molecule has 78 valence electrons. The van der Waals surface area contributed by atoms with E-state index in [0.29, 0.717) is 6.54 Å². The molecule has 1 atom stereocenters. The van der Waals surface area contributed by atoms with Gasteiger partial charge in [-0.15, -0.1) is 0 Å². The number of hydrogen-bond acceptors (Lipinski definition) is 3. The van der Waals surface area contributed by atoms with Crippen LogP contribution in [0.15, 0.2) is 43.0 Å². The smallest absolute Gasteiger partial charge is 0.137 e. The van der Waals surface area contributed by atoms with Crippen molar-refractivity contribution in [2.24, 2.45) is 5.73 Å². The van der Waals surface area contributed by atoms with Crippen LogP contribution in [0.3, 0.4) is 0 Å². The fourth-order valence-electron chi connectivity index (χ4n) is 1.66. The van der Waals surface area contributed by atoms with Gasteiger partial charge in [0.1, 0.15) is 12.7 Å². The highest BCUT2D eigenvalue weighted by atomic mass is 15.3. The van der Waals surface area contributed by atoms with E-state index in [-0.39, 0.29) is 6.04 Å². The minimum atomic E-state index is 0.193. The van der Waals surface area contributed by atoms with Crippen molar-refractivity contribution in [2.75, 3.05) is 6.54 Å². The SMILES string of the molecule is NCCC(c1ccccc1)n1cncn1. The highest BCUT2D eigenvalue weighted by molar-refractivity contribution is 5.19. The van der Waals surface area contributed by atoms with Gasteiger partial charge in [-0.05, 0) is 18.5 Å². The fourth-order valence-corrected chi connectivity index (χ4v) is 1.66. The molecule has 2 aromatic rings. The van der Waals surface area contributed by atoms with Crippen LogP contribution in [0.4, 0.5) is 0 Å². The monoisotopic (exact) mass is 202 g/mol. The van der Waals surface area contributed by atoms with E-state index in [1.807, 2.05) is 22.9 Å². The Hall–Kier alpha value is -1.68. The summed E-state index contributed by atoms with van der Waals surface area (Å²) in [6.07, 6.45) is 4.15. The summed E-state index contributed by atoms with van der Waals surface area (Å²) in [5, 5.41) is 4.16. The lowest BCUT2D eigenvalue weighted by Gasteiger charge is -2.16. The highest BCUT2D eigenvalue weighted by Crippen LogP contribution is 2.19. The van der Waals surface area contributed by atoms with Gasteiger partial charge in [0.2, 0.25) is 0 Å². The quantitative estimate of drug-likeness (QED) is 0.811. The molecule has 0 bridgehead atoms. The Morgan fingerprint density at radius 3 is 2.67 bits per heavy atom. The molecule has 4 nitrogen and oxygen atoms in total. The van der Waals surface area contributed by atoms with Crippen LogP contribution in [0.25, 0.3) is 0 Å². The largest absolute Gasteiger partial charge is 0.330 e. The van der Waals surface area contributed by atoms with Crippen molar-refractivity contribution in [1.29, 1.82) is 0 Å². The van der Waals surface area contributed by atoms with E-state index >= 15 is 0 Å². The zero-order valence-electron chi connectivity index (χ0n) is 8.45. The molecule has 0 amide bonds. The van der Waals surface area contributed by atoms with E-state index in [0.717, 1.165) is 6.42 Å². The lowest BCUT2D eigenvalue weighted by atomic mass is 10.0. The van der Waals surface area contributed by atoms with E-state index in [2.05, 4.69) is 22.2 Å². The average molecular weight is 202 g/mol. The van der Waals surface area contributed by atoms with Crippen LogP contribution in [-0.4, -0.2) is 21.3 Å². The Kier molecular flexibility index (Phi) is 3.09. The molecule has 1 aromatic carbocycles. The third-order valence-electron chi connectivity index (χ3n) is 2.38. The van der Waals surface area contributed by atoms with E-state index in [1.54, 1.807) is 12.7 Å². The minimum absolute atomic E-state index is 0.193. The number of aromatic nitrogens is 3. The van der Waals surface area contributed by atoms with Crippen LogP contribution < -0.4 is 5.73 Å². The molecule has 0 saturated carbocycles. The van der Waals surface area contributed by atoms with Gasteiger partial charge in [0.25, 0.3) is 0 Å². The van der Waals surface area contributed by atoms with Crippen molar-refractivity contribution in [3.8, 4) is 0 Å². The first-order valence-corrected chi connectivity index (χ1v) is 5.01. The molecule has 0 radical (unpaired) electrons. The van der Waals surface area contributed by atoms with Crippen LogP contribution in [0, 0.1) is 0 Å². The Balaban J connectivity index is 2.28. The van der Waals surface area contributed by atoms with Crippen LogP contribution in [0.5, 0.6) is 0 Å². The number of nitrogens with two attached hydrogens (primary N) is 1. The fraction of sp³-hybridized carbons (Fsp3) is 0.273. The molecule has 0 saturated heterocycles. The summed E-state index contributed by atoms with van der Waals surface area (Å²) in [5.74, 6) is 0. The van der Waals surface area contributed by atoms with E-state index in [1.165, 1.54) is 5.56 Å². The van der Waals surface area contributed by atoms with Gasteiger partial charge in [-0.25, -0.2) is 9.67 Å². The van der Waals surface area contributed by atoms with Crippen LogP contribution in [0.2, 0.25) is 0 Å². The zero-order chi connectivity index (χ0) is 10.5. The molecular formula is C11H14N4. The summed E-state index contributed by atoms with van der Waals surface area (Å²) in [6, 6.07) is 10.4. The molecule has 2 rings (SSSR count). The summed E-state index contributed by atoms with van der Waals surface area (Å²) in [7, 11) is 0. The van der Waals surface area contributed by atoms with Crippen molar-refractivity contribution < 1.29 is 0 Å². The molecule has 0 fully saturated rings. The van der Waals surface area contributed by atoms with Gasteiger partial charge in [0.05, 0.1) is 6.04 Å². The van der Waals surface area contributed by atoms with Crippen LogP contribution in [0.1, 0.15) is 18.0 Å². The van der Waals surface area contributed by atoms with Crippen molar-refractivity contribution in [3.63, 3.8) is 0 Å². The van der Waals surface area contributed by atoms with Crippen LogP contribution >= 0.6 is 0 Å². The van der Waals surface area contributed by atoms with Gasteiger partial charge in [0.15, 0.2) is 0 Å². The Bertz CT molecular complexity index is 382. The van der Waals surface area contributed by atoms with Crippen molar-refractivity contribution in [3.05, 3.63) is 48.5 Å². The molecule has 0 aliphatic heterocycles. The van der Waals surface area contributed by atoms with Gasteiger partial charge in [-0.2, -0.15) is 5.10 Å². The van der Waals surface area contributed by atoms with E-state index < -0.39 is 0 Å². The molecule has 4 heteroatoms. The molecule has 1 unspecified atom stereocenters. The second-order valence-corrected chi connectivity index (χ2v) is 3.38. The van der Waals surface area contributed by atoms with E-state index in [9.17, 15) is 0 Å². The number of nitrogens with zero attached hydrogens (tertiary/aromatic N) is 3. The lowest BCUT2D eigenvalue weighted by molar-refractivity contribution is 0.494. The highest BCUT2D eigenvalue weighted by Gasteiger charge is 2.12. The van der Waals surface area contributed by atoms with Crippen molar-refractivity contribution in [1.82, 2.24) is 14.8 Å². The lowest BCUT2D eigenvalue weighted by Crippen LogP contribution is -2.15. The first kappa shape index (κ1) is 9.86. The van der Waals surface area contributed by atoms with Crippen molar-refractivity contribution >= 4 is 0 Å². The maximum absolute atomic E-state index is 5.61. The number of benzene rings is 1. The Morgan fingerprint density at radius 1 is 1.27 bits per heavy atom. The predicted octanol–water partition coefficient (Wildman–Crippen LogP) is 1.22. The summed E-state index contributed by atoms with van der Waals surface area (Å²) in [6.45, 7) is 0.638. The van der Waals surface area contributed by atoms with Crippen molar-refractivity contribution in [2.45, 2.75) is 12.5 Å².